The van der Waals surface area contributed by atoms with Gasteiger partial charge in [-0.1, -0.05) is 6.07 Å². The van der Waals surface area contributed by atoms with E-state index in [4.69, 9.17) is 14.9 Å². The Morgan fingerprint density at radius 2 is 1.88 bits per heavy atom. The highest BCUT2D eigenvalue weighted by atomic mass is 16.5. The van der Waals surface area contributed by atoms with Gasteiger partial charge in [0, 0.05) is 0 Å². The van der Waals surface area contributed by atoms with Crippen molar-refractivity contribution in [1.29, 1.82) is 0 Å². The van der Waals surface area contributed by atoms with E-state index in [0.29, 0.717) is 0 Å². The van der Waals surface area contributed by atoms with E-state index in [1.54, 1.807) is 7.11 Å². The molecule has 0 atom stereocenters. The lowest BCUT2D eigenvalue weighted by atomic mass is 10.1. The number of ether oxygens (including phenoxy) is 1. The minimum Gasteiger partial charge on any atom is -0.495 e. The quantitative estimate of drug-likeness (QED) is 0.701. The number of nitrogens with one attached hydrogen (secondary N) is 1. The number of aliphatic hydroxyl groups is 2. The molecule has 0 heterocycles. The minimum atomic E-state index is -0.365. The van der Waals surface area contributed by atoms with Gasteiger partial charge in [0.05, 0.1) is 32.1 Å². The summed E-state index contributed by atoms with van der Waals surface area (Å²) in [7, 11) is 1.60. The second-order valence-electron chi connectivity index (χ2n) is 3.87. The predicted molar refractivity (Wildman–Crippen MR) is 64.1 cm³/mol. The van der Waals surface area contributed by atoms with E-state index in [-0.39, 0.29) is 19.3 Å². The summed E-state index contributed by atoms with van der Waals surface area (Å²) in [5.41, 5.74) is 2.97. The van der Waals surface area contributed by atoms with Gasteiger partial charge in [0.2, 0.25) is 0 Å². The van der Waals surface area contributed by atoms with Gasteiger partial charge in [0.1, 0.15) is 5.75 Å². The van der Waals surface area contributed by atoms with Crippen molar-refractivity contribution in [3.05, 3.63) is 23.3 Å². The first-order valence-electron chi connectivity index (χ1n) is 5.25. The molecule has 90 valence electrons. The van der Waals surface area contributed by atoms with Crippen LogP contribution in [0.2, 0.25) is 0 Å². The monoisotopic (exact) mass is 225 g/mol. The molecule has 0 spiro atoms. The van der Waals surface area contributed by atoms with Crippen LogP contribution in [0.15, 0.2) is 12.1 Å². The Morgan fingerprint density at radius 1 is 1.25 bits per heavy atom. The molecule has 0 aliphatic carbocycles. The summed E-state index contributed by atoms with van der Waals surface area (Å²) in [6, 6.07) is 3.58. The van der Waals surface area contributed by atoms with Crippen LogP contribution in [-0.4, -0.2) is 36.6 Å². The summed E-state index contributed by atoms with van der Waals surface area (Å²) >= 11 is 0. The average molecular weight is 225 g/mol. The largest absolute Gasteiger partial charge is 0.495 e. The summed E-state index contributed by atoms with van der Waals surface area (Å²) in [5.74, 6) is 0.726. The van der Waals surface area contributed by atoms with E-state index in [1.807, 2.05) is 26.0 Å². The van der Waals surface area contributed by atoms with E-state index >= 15 is 0 Å². The van der Waals surface area contributed by atoms with Crippen molar-refractivity contribution in [1.82, 2.24) is 0 Å². The fraction of sp³-hybridized carbons (Fsp3) is 0.500. The summed E-state index contributed by atoms with van der Waals surface area (Å²) in [4.78, 5) is 0. The van der Waals surface area contributed by atoms with E-state index in [9.17, 15) is 0 Å². The zero-order chi connectivity index (χ0) is 12.1. The van der Waals surface area contributed by atoms with E-state index in [0.717, 1.165) is 22.6 Å². The number of hydrogen-bond donors (Lipinski definition) is 3. The zero-order valence-corrected chi connectivity index (χ0v) is 9.95. The van der Waals surface area contributed by atoms with Gasteiger partial charge in [-0.25, -0.2) is 0 Å². The third-order valence-corrected chi connectivity index (χ3v) is 2.45. The van der Waals surface area contributed by atoms with Crippen molar-refractivity contribution >= 4 is 5.69 Å². The van der Waals surface area contributed by atoms with Crippen molar-refractivity contribution < 1.29 is 14.9 Å². The number of methoxy groups -OCH3 is 1. The van der Waals surface area contributed by atoms with Crippen LogP contribution >= 0.6 is 0 Å². The topological polar surface area (TPSA) is 61.7 Å². The first-order chi connectivity index (χ1) is 7.62. The molecular formula is C12H19NO3. The standard InChI is InChI=1S/C12H19NO3/c1-8-4-9(2)12(11(5-8)16-3)13-10(6-14)7-15/h4-5,10,13-15H,6-7H2,1-3H3. The van der Waals surface area contributed by atoms with Crippen LogP contribution < -0.4 is 10.1 Å². The molecule has 1 rings (SSSR count). The number of rotatable bonds is 5. The van der Waals surface area contributed by atoms with Crippen LogP contribution in [0.5, 0.6) is 5.75 Å². The summed E-state index contributed by atoms with van der Waals surface area (Å²) in [6.45, 7) is 3.72. The smallest absolute Gasteiger partial charge is 0.142 e. The van der Waals surface area contributed by atoms with Gasteiger partial charge in [-0.2, -0.15) is 0 Å². The maximum absolute atomic E-state index is 9.03. The Morgan fingerprint density at radius 3 is 2.38 bits per heavy atom. The van der Waals surface area contributed by atoms with Gasteiger partial charge in [0.25, 0.3) is 0 Å². The van der Waals surface area contributed by atoms with Gasteiger partial charge in [-0.15, -0.1) is 0 Å². The first-order valence-corrected chi connectivity index (χ1v) is 5.25. The fourth-order valence-corrected chi connectivity index (χ4v) is 1.63. The molecule has 0 unspecified atom stereocenters. The van der Waals surface area contributed by atoms with E-state index < -0.39 is 0 Å². The first kappa shape index (κ1) is 12.8. The second kappa shape index (κ2) is 5.72. The number of anilines is 1. The van der Waals surface area contributed by atoms with Gasteiger partial charge in [-0.3, -0.25) is 0 Å². The molecular weight excluding hydrogens is 206 g/mol. The molecule has 3 N–H and O–H groups in total. The molecule has 0 aromatic heterocycles. The molecule has 16 heavy (non-hydrogen) atoms. The molecule has 0 aliphatic heterocycles. The van der Waals surface area contributed by atoms with Crippen molar-refractivity contribution in [2.75, 3.05) is 25.6 Å². The minimum absolute atomic E-state index is 0.118. The van der Waals surface area contributed by atoms with Crippen LogP contribution in [-0.2, 0) is 0 Å². The Hall–Kier alpha value is -1.26. The lowest BCUT2D eigenvalue weighted by Crippen LogP contribution is -2.28. The molecule has 0 radical (unpaired) electrons. The van der Waals surface area contributed by atoms with E-state index in [2.05, 4.69) is 5.32 Å². The third-order valence-electron chi connectivity index (χ3n) is 2.45. The molecule has 0 saturated carbocycles. The van der Waals surface area contributed by atoms with Crippen LogP contribution in [0.1, 0.15) is 11.1 Å². The lowest BCUT2D eigenvalue weighted by Gasteiger charge is -2.19. The average Bonchev–Trinajstić information content (AvgIpc) is 2.27. The maximum Gasteiger partial charge on any atom is 0.142 e. The van der Waals surface area contributed by atoms with E-state index in [1.165, 1.54) is 0 Å². The summed E-state index contributed by atoms with van der Waals surface area (Å²) in [6.07, 6.45) is 0. The summed E-state index contributed by atoms with van der Waals surface area (Å²) in [5, 5.41) is 21.1. The van der Waals surface area contributed by atoms with Crippen molar-refractivity contribution in [3.63, 3.8) is 0 Å². The molecule has 0 amide bonds. The lowest BCUT2D eigenvalue weighted by molar-refractivity contribution is 0.203. The van der Waals surface area contributed by atoms with Gasteiger partial charge in [-0.05, 0) is 31.0 Å². The highest BCUT2D eigenvalue weighted by Crippen LogP contribution is 2.30. The number of aryl methyl sites for hydroxylation is 2. The normalized spacial score (nSPS) is 10.6. The third kappa shape index (κ3) is 2.87. The highest BCUT2D eigenvalue weighted by Gasteiger charge is 2.12. The van der Waals surface area contributed by atoms with Gasteiger partial charge >= 0.3 is 0 Å². The predicted octanol–water partition coefficient (Wildman–Crippen LogP) is 1.08. The molecule has 4 nitrogen and oxygen atoms in total. The Balaban J connectivity index is 3.01. The second-order valence-corrected chi connectivity index (χ2v) is 3.87. The summed E-state index contributed by atoms with van der Waals surface area (Å²) < 4.78 is 5.27. The van der Waals surface area contributed by atoms with Crippen LogP contribution in [0.25, 0.3) is 0 Å². The molecule has 0 bridgehead atoms. The van der Waals surface area contributed by atoms with Gasteiger partial charge < -0.3 is 20.3 Å². The van der Waals surface area contributed by atoms with Crippen LogP contribution in [0, 0.1) is 13.8 Å². The van der Waals surface area contributed by atoms with Crippen LogP contribution in [0.4, 0.5) is 5.69 Å². The number of aliphatic hydroxyl groups excluding tert-OH is 2. The Bertz CT molecular complexity index is 348. The van der Waals surface area contributed by atoms with Crippen molar-refractivity contribution in [3.8, 4) is 5.75 Å². The molecule has 0 fully saturated rings. The van der Waals surface area contributed by atoms with Crippen molar-refractivity contribution in [2.24, 2.45) is 0 Å². The number of hydrogen-bond acceptors (Lipinski definition) is 4. The SMILES string of the molecule is COc1cc(C)cc(C)c1NC(CO)CO. The Labute approximate surface area is 95.9 Å². The molecule has 0 saturated heterocycles. The zero-order valence-electron chi connectivity index (χ0n) is 9.95. The van der Waals surface area contributed by atoms with Crippen LogP contribution in [0.3, 0.4) is 0 Å². The molecule has 4 heteroatoms. The molecule has 1 aromatic rings. The highest BCUT2D eigenvalue weighted by molar-refractivity contribution is 5.63. The fourth-order valence-electron chi connectivity index (χ4n) is 1.63. The number of benzene rings is 1. The Kier molecular flexibility index (Phi) is 4.58. The van der Waals surface area contributed by atoms with Crippen molar-refractivity contribution in [2.45, 2.75) is 19.9 Å². The van der Waals surface area contributed by atoms with Gasteiger partial charge in [0.15, 0.2) is 0 Å². The molecule has 1 aromatic carbocycles. The molecule has 0 aliphatic rings. The maximum atomic E-state index is 9.03.